The molecule has 1 aromatic heterocycles. The standard InChI is InChI=1S/C14H21N3O5/c1-5-9(2)12(14(20)21-4)16-11(18)8-22-13(19)10-6-15-17(3)7-10/h6-7,9,12H,5,8H2,1-4H3,(H,16,18). The Morgan fingerprint density at radius 2 is 2.09 bits per heavy atom. The Morgan fingerprint density at radius 1 is 1.41 bits per heavy atom. The molecule has 0 fully saturated rings. The lowest BCUT2D eigenvalue weighted by Gasteiger charge is -2.21. The van der Waals surface area contributed by atoms with Gasteiger partial charge in [0.15, 0.2) is 6.61 Å². The molecule has 8 heteroatoms. The van der Waals surface area contributed by atoms with Gasteiger partial charge in [-0.25, -0.2) is 9.59 Å². The quantitative estimate of drug-likeness (QED) is 0.726. The van der Waals surface area contributed by atoms with Crippen molar-refractivity contribution in [3.8, 4) is 0 Å². The first-order chi connectivity index (χ1) is 10.4. The Balaban J connectivity index is 2.53. The number of nitrogens with zero attached hydrogens (tertiary/aromatic N) is 2. The molecular formula is C14H21N3O5. The van der Waals surface area contributed by atoms with E-state index in [4.69, 9.17) is 4.74 Å². The van der Waals surface area contributed by atoms with Crippen LogP contribution in [0.15, 0.2) is 12.4 Å². The lowest BCUT2D eigenvalue weighted by molar-refractivity contribution is -0.147. The minimum atomic E-state index is -0.764. The van der Waals surface area contributed by atoms with Crippen molar-refractivity contribution in [3.63, 3.8) is 0 Å². The molecule has 0 saturated carbocycles. The van der Waals surface area contributed by atoms with Gasteiger partial charge >= 0.3 is 11.9 Å². The van der Waals surface area contributed by atoms with Crippen LogP contribution in [0.4, 0.5) is 0 Å². The van der Waals surface area contributed by atoms with Crippen LogP contribution in [0.2, 0.25) is 0 Å². The van der Waals surface area contributed by atoms with Gasteiger partial charge in [-0.2, -0.15) is 5.10 Å². The predicted octanol–water partition coefficient (Wildman–Crippen LogP) is 0.281. The second-order valence-electron chi connectivity index (χ2n) is 4.93. The van der Waals surface area contributed by atoms with Crippen LogP contribution in [0.1, 0.15) is 30.6 Å². The van der Waals surface area contributed by atoms with Crippen molar-refractivity contribution < 1.29 is 23.9 Å². The molecule has 22 heavy (non-hydrogen) atoms. The summed E-state index contributed by atoms with van der Waals surface area (Å²) in [6.45, 7) is 3.25. The van der Waals surface area contributed by atoms with Gasteiger partial charge in [0.1, 0.15) is 6.04 Å². The number of carbonyl (C=O) groups is 3. The fourth-order valence-electron chi connectivity index (χ4n) is 1.75. The van der Waals surface area contributed by atoms with Gasteiger partial charge in [-0.15, -0.1) is 0 Å². The van der Waals surface area contributed by atoms with Crippen LogP contribution in [0, 0.1) is 5.92 Å². The van der Waals surface area contributed by atoms with Crippen LogP contribution < -0.4 is 5.32 Å². The van der Waals surface area contributed by atoms with Crippen molar-refractivity contribution in [1.82, 2.24) is 15.1 Å². The number of nitrogens with one attached hydrogen (secondary N) is 1. The molecule has 0 aliphatic carbocycles. The Labute approximate surface area is 128 Å². The monoisotopic (exact) mass is 311 g/mol. The lowest BCUT2D eigenvalue weighted by Crippen LogP contribution is -2.47. The van der Waals surface area contributed by atoms with Crippen molar-refractivity contribution >= 4 is 17.8 Å². The predicted molar refractivity (Wildman–Crippen MR) is 76.9 cm³/mol. The summed E-state index contributed by atoms with van der Waals surface area (Å²) in [5.74, 6) is -1.83. The highest BCUT2D eigenvalue weighted by atomic mass is 16.5. The summed E-state index contributed by atoms with van der Waals surface area (Å²) >= 11 is 0. The SMILES string of the molecule is CCC(C)C(NC(=O)COC(=O)c1cnn(C)c1)C(=O)OC. The lowest BCUT2D eigenvalue weighted by atomic mass is 9.99. The molecule has 0 radical (unpaired) electrons. The molecule has 0 aromatic carbocycles. The van der Waals surface area contributed by atoms with Crippen LogP contribution in [-0.2, 0) is 26.1 Å². The van der Waals surface area contributed by atoms with Gasteiger partial charge in [0, 0.05) is 13.2 Å². The molecule has 8 nitrogen and oxygen atoms in total. The molecule has 1 N–H and O–H groups in total. The maximum absolute atomic E-state index is 11.8. The summed E-state index contributed by atoms with van der Waals surface area (Å²) in [7, 11) is 2.92. The largest absolute Gasteiger partial charge is 0.467 e. The molecule has 2 unspecified atom stereocenters. The molecule has 0 spiro atoms. The topological polar surface area (TPSA) is 99.5 Å². The summed E-state index contributed by atoms with van der Waals surface area (Å²) in [6, 6.07) is -0.764. The highest BCUT2D eigenvalue weighted by Crippen LogP contribution is 2.09. The van der Waals surface area contributed by atoms with Gasteiger partial charge in [-0.3, -0.25) is 9.48 Å². The van der Waals surface area contributed by atoms with Crippen LogP contribution >= 0.6 is 0 Å². The van der Waals surface area contributed by atoms with Crippen molar-refractivity contribution in [3.05, 3.63) is 18.0 Å². The summed E-state index contributed by atoms with van der Waals surface area (Å²) in [5, 5.41) is 6.35. The smallest absolute Gasteiger partial charge is 0.341 e. The Kier molecular flexibility index (Phi) is 6.55. The third kappa shape index (κ3) is 4.87. The number of aryl methyl sites for hydroxylation is 1. The first-order valence-corrected chi connectivity index (χ1v) is 6.92. The average molecular weight is 311 g/mol. The zero-order valence-electron chi connectivity index (χ0n) is 13.2. The maximum atomic E-state index is 11.8. The Bertz CT molecular complexity index is 540. The Hall–Kier alpha value is -2.38. The van der Waals surface area contributed by atoms with Crippen molar-refractivity contribution in [2.45, 2.75) is 26.3 Å². The summed E-state index contributed by atoms with van der Waals surface area (Å²) in [4.78, 5) is 35.2. The van der Waals surface area contributed by atoms with Gasteiger partial charge < -0.3 is 14.8 Å². The summed E-state index contributed by atoms with van der Waals surface area (Å²) < 4.78 is 11.0. The van der Waals surface area contributed by atoms with Crippen LogP contribution in [0.5, 0.6) is 0 Å². The van der Waals surface area contributed by atoms with Gasteiger partial charge in [0.25, 0.3) is 5.91 Å². The van der Waals surface area contributed by atoms with E-state index in [1.54, 1.807) is 7.05 Å². The molecule has 1 heterocycles. The fraction of sp³-hybridized carbons (Fsp3) is 0.571. The van der Waals surface area contributed by atoms with E-state index in [2.05, 4.69) is 15.2 Å². The fourth-order valence-corrected chi connectivity index (χ4v) is 1.75. The van der Waals surface area contributed by atoms with E-state index in [1.165, 1.54) is 24.2 Å². The van der Waals surface area contributed by atoms with E-state index in [1.807, 2.05) is 13.8 Å². The number of hydrogen-bond donors (Lipinski definition) is 1. The minimum absolute atomic E-state index is 0.0922. The van der Waals surface area contributed by atoms with E-state index in [-0.39, 0.29) is 11.5 Å². The number of aromatic nitrogens is 2. The third-order valence-corrected chi connectivity index (χ3v) is 3.26. The van der Waals surface area contributed by atoms with Crippen LogP contribution in [-0.4, -0.2) is 47.4 Å². The molecule has 2 atom stereocenters. The normalized spacial score (nSPS) is 13.1. The van der Waals surface area contributed by atoms with E-state index in [0.717, 1.165) is 0 Å². The van der Waals surface area contributed by atoms with Gasteiger partial charge in [-0.05, 0) is 5.92 Å². The van der Waals surface area contributed by atoms with Crippen molar-refractivity contribution in [1.29, 1.82) is 0 Å². The number of methoxy groups -OCH3 is 1. The Morgan fingerprint density at radius 3 is 2.59 bits per heavy atom. The van der Waals surface area contributed by atoms with E-state index >= 15 is 0 Å². The molecular weight excluding hydrogens is 290 g/mol. The first-order valence-electron chi connectivity index (χ1n) is 6.92. The molecule has 0 bridgehead atoms. The maximum Gasteiger partial charge on any atom is 0.341 e. The van der Waals surface area contributed by atoms with Gasteiger partial charge in [0.2, 0.25) is 0 Å². The van der Waals surface area contributed by atoms with Crippen LogP contribution in [0.25, 0.3) is 0 Å². The van der Waals surface area contributed by atoms with E-state index in [0.29, 0.717) is 6.42 Å². The number of esters is 2. The number of amides is 1. The first kappa shape index (κ1) is 17.7. The minimum Gasteiger partial charge on any atom is -0.467 e. The molecule has 1 rings (SSSR count). The number of carbonyl (C=O) groups excluding carboxylic acids is 3. The molecule has 1 amide bonds. The molecule has 0 aliphatic heterocycles. The average Bonchev–Trinajstić information content (AvgIpc) is 2.95. The van der Waals surface area contributed by atoms with Crippen molar-refractivity contribution in [2.24, 2.45) is 13.0 Å². The highest BCUT2D eigenvalue weighted by molar-refractivity contribution is 5.91. The zero-order valence-corrected chi connectivity index (χ0v) is 13.2. The highest BCUT2D eigenvalue weighted by Gasteiger charge is 2.27. The number of rotatable bonds is 7. The van der Waals surface area contributed by atoms with Gasteiger partial charge in [-0.1, -0.05) is 20.3 Å². The van der Waals surface area contributed by atoms with Crippen molar-refractivity contribution in [2.75, 3.05) is 13.7 Å². The second kappa shape index (κ2) is 8.16. The van der Waals surface area contributed by atoms with Gasteiger partial charge in [0.05, 0.1) is 18.9 Å². The van der Waals surface area contributed by atoms with Crippen LogP contribution in [0.3, 0.4) is 0 Å². The molecule has 1 aromatic rings. The summed E-state index contributed by atoms with van der Waals surface area (Å²) in [6.07, 6.45) is 3.52. The molecule has 0 saturated heterocycles. The zero-order chi connectivity index (χ0) is 16.7. The third-order valence-electron chi connectivity index (χ3n) is 3.26. The number of ether oxygens (including phenoxy) is 2. The molecule has 0 aliphatic rings. The second-order valence-corrected chi connectivity index (χ2v) is 4.93. The molecule has 122 valence electrons. The van der Waals surface area contributed by atoms with E-state index < -0.39 is 30.5 Å². The number of hydrogen-bond acceptors (Lipinski definition) is 6. The summed E-state index contributed by atoms with van der Waals surface area (Å²) in [5.41, 5.74) is 0.252. The van der Waals surface area contributed by atoms with E-state index in [9.17, 15) is 14.4 Å².